The van der Waals surface area contributed by atoms with E-state index in [9.17, 15) is 8.42 Å². The van der Waals surface area contributed by atoms with Gasteiger partial charge in [-0.25, -0.2) is 8.42 Å². The summed E-state index contributed by atoms with van der Waals surface area (Å²) in [5, 5.41) is 0. The second kappa shape index (κ2) is 5.46. The maximum Gasteiger partial charge on any atom is 0.261 e. The summed E-state index contributed by atoms with van der Waals surface area (Å²) < 4.78 is 28.2. The Bertz CT molecular complexity index is 758. The number of nitrogen functional groups attached to an aromatic ring is 1. The topological polar surface area (TPSA) is 72.2 Å². The van der Waals surface area contributed by atoms with Gasteiger partial charge in [-0.15, -0.1) is 0 Å². The number of hydrogen-bond acceptors (Lipinski definition) is 3. The molecule has 4 nitrogen and oxygen atoms in total. The Morgan fingerprint density at radius 3 is 2.40 bits per heavy atom. The smallest absolute Gasteiger partial charge is 0.261 e. The summed E-state index contributed by atoms with van der Waals surface area (Å²) in [6, 6.07) is 10.0. The molecule has 0 saturated carbocycles. The number of aryl methyl sites for hydroxylation is 2. The third kappa shape index (κ3) is 3.13. The summed E-state index contributed by atoms with van der Waals surface area (Å²) in [5.74, 6) is 0. The van der Waals surface area contributed by atoms with E-state index in [-0.39, 0.29) is 4.90 Å². The molecule has 0 atom stereocenters. The van der Waals surface area contributed by atoms with Crippen molar-refractivity contribution >= 4 is 37.3 Å². The van der Waals surface area contributed by atoms with Gasteiger partial charge in [0, 0.05) is 10.2 Å². The third-order valence-electron chi connectivity index (χ3n) is 2.95. The van der Waals surface area contributed by atoms with Crippen LogP contribution in [0, 0.1) is 13.8 Å². The van der Waals surface area contributed by atoms with Crippen LogP contribution < -0.4 is 10.5 Å². The van der Waals surface area contributed by atoms with E-state index in [0.717, 1.165) is 15.6 Å². The molecule has 0 aromatic heterocycles. The minimum absolute atomic E-state index is 0.222. The summed E-state index contributed by atoms with van der Waals surface area (Å²) in [5.41, 5.74) is 8.37. The maximum absolute atomic E-state index is 12.4. The molecule has 0 radical (unpaired) electrons. The first-order chi connectivity index (χ1) is 9.29. The van der Waals surface area contributed by atoms with Crippen molar-refractivity contribution in [3.63, 3.8) is 0 Å². The fourth-order valence-corrected chi connectivity index (χ4v) is 3.19. The Hall–Kier alpha value is -1.53. The number of nitrogens with two attached hydrogens (primary N) is 1. The highest BCUT2D eigenvalue weighted by molar-refractivity contribution is 9.10. The molecule has 0 aliphatic rings. The molecular weight excluding hydrogens is 340 g/mol. The van der Waals surface area contributed by atoms with Crippen LogP contribution in [0.5, 0.6) is 0 Å². The first-order valence-corrected chi connectivity index (χ1v) is 8.22. The van der Waals surface area contributed by atoms with Gasteiger partial charge in [-0.1, -0.05) is 22.0 Å². The summed E-state index contributed by atoms with van der Waals surface area (Å²) in [6.45, 7) is 3.67. The molecule has 2 aromatic rings. The summed E-state index contributed by atoms with van der Waals surface area (Å²) in [6.07, 6.45) is 0. The molecular formula is C14H15BrN2O2S. The second-order valence-electron chi connectivity index (χ2n) is 4.59. The average molecular weight is 355 g/mol. The Morgan fingerprint density at radius 2 is 1.75 bits per heavy atom. The molecule has 0 unspecified atom stereocenters. The lowest BCUT2D eigenvalue weighted by atomic mass is 10.2. The van der Waals surface area contributed by atoms with Gasteiger partial charge in [0.1, 0.15) is 0 Å². The lowest BCUT2D eigenvalue weighted by molar-refractivity contribution is 0.601. The van der Waals surface area contributed by atoms with E-state index in [1.165, 1.54) is 0 Å². The van der Waals surface area contributed by atoms with Crippen molar-refractivity contribution in [2.45, 2.75) is 18.7 Å². The van der Waals surface area contributed by atoms with Crippen LogP contribution in [-0.2, 0) is 10.0 Å². The molecule has 20 heavy (non-hydrogen) atoms. The summed E-state index contributed by atoms with van der Waals surface area (Å²) in [4.78, 5) is 0.222. The SMILES string of the molecule is Cc1cc(S(=O)(=O)Nc2cc(N)ccc2C)ccc1Br. The fraction of sp³-hybridized carbons (Fsp3) is 0.143. The molecule has 3 N–H and O–H groups in total. The molecule has 0 aliphatic carbocycles. The molecule has 2 rings (SSSR count). The molecule has 0 fully saturated rings. The Labute approximate surface area is 127 Å². The van der Waals surface area contributed by atoms with Crippen LogP contribution in [0.25, 0.3) is 0 Å². The van der Waals surface area contributed by atoms with Crippen molar-refractivity contribution in [3.05, 3.63) is 52.0 Å². The minimum atomic E-state index is -3.62. The van der Waals surface area contributed by atoms with Gasteiger partial charge < -0.3 is 5.73 Å². The van der Waals surface area contributed by atoms with Gasteiger partial charge in [0.2, 0.25) is 0 Å². The zero-order valence-corrected chi connectivity index (χ0v) is 13.5. The molecule has 0 bridgehead atoms. The monoisotopic (exact) mass is 354 g/mol. The van der Waals surface area contributed by atoms with Crippen LogP contribution in [-0.4, -0.2) is 8.42 Å². The van der Waals surface area contributed by atoms with Crippen LogP contribution in [0.1, 0.15) is 11.1 Å². The van der Waals surface area contributed by atoms with E-state index in [2.05, 4.69) is 20.7 Å². The van der Waals surface area contributed by atoms with Gasteiger partial charge in [0.15, 0.2) is 0 Å². The predicted molar refractivity (Wildman–Crippen MR) is 85.3 cm³/mol. The number of nitrogens with one attached hydrogen (secondary N) is 1. The summed E-state index contributed by atoms with van der Waals surface area (Å²) in [7, 11) is -3.62. The fourth-order valence-electron chi connectivity index (χ4n) is 1.74. The molecule has 2 aromatic carbocycles. The largest absolute Gasteiger partial charge is 0.399 e. The lowest BCUT2D eigenvalue weighted by Gasteiger charge is -2.12. The standard InChI is InChI=1S/C14H15BrN2O2S/c1-9-3-4-11(16)8-14(9)17-20(18,19)12-5-6-13(15)10(2)7-12/h3-8,17H,16H2,1-2H3. The van der Waals surface area contributed by atoms with Crippen molar-refractivity contribution in [1.29, 1.82) is 0 Å². The molecule has 0 aliphatic heterocycles. The highest BCUT2D eigenvalue weighted by Crippen LogP contribution is 2.24. The Kier molecular flexibility index (Phi) is 4.06. The maximum atomic E-state index is 12.4. The molecule has 0 heterocycles. The second-order valence-corrected chi connectivity index (χ2v) is 7.13. The number of rotatable bonds is 3. The molecule has 0 amide bonds. The van der Waals surface area contributed by atoms with Crippen molar-refractivity contribution in [2.75, 3.05) is 10.5 Å². The van der Waals surface area contributed by atoms with E-state index >= 15 is 0 Å². The van der Waals surface area contributed by atoms with E-state index in [1.807, 2.05) is 13.8 Å². The molecule has 106 valence electrons. The van der Waals surface area contributed by atoms with Crippen LogP contribution >= 0.6 is 15.9 Å². The average Bonchev–Trinajstić information content (AvgIpc) is 2.36. The van der Waals surface area contributed by atoms with Gasteiger partial charge in [0.25, 0.3) is 10.0 Å². The van der Waals surface area contributed by atoms with Crippen LogP contribution in [0.2, 0.25) is 0 Å². The Balaban J connectivity index is 2.40. The third-order valence-corrected chi connectivity index (χ3v) is 5.20. The number of halogens is 1. The van der Waals surface area contributed by atoms with Gasteiger partial charge in [-0.2, -0.15) is 0 Å². The van der Waals surface area contributed by atoms with Crippen molar-refractivity contribution in [3.8, 4) is 0 Å². The van der Waals surface area contributed by atoms with Crippen molar-refractivity contribution in [1.82, 2.24) is 0 Å². The number of sulfonamides is 1. The quantitative estimate of drug-likeness (QED) is 0.829. The minimum Gasteiger partial charge on any atom is -0.399 e. The van der Waals surface area contributed by atoms with Crippen LogP contribution in [0.3, 0.4) is 0 Å². The van der Waals surface area contributed by atoms with E-state index in [1.54, 1.807) is 36.4 Å². The molecule has 6 heteroatoms. The lowest BCUT2D eigenvalue weighted by Crippen LogP contribution is -2.14. The van der Waals surface area contributed by atoms with Crippen molar-refractivity contribution in [2.24, 2.45) is 0 Å². The zero-order chi connectivity index (χ0) is 14.9. The first-order valence-electron chi connectivity index (χ1n) is 5.95. The normalized spacial score (nSPS) is 11.3. The zero-order valence-electron chi connectivity index (χ0n) is 11.1. The molecule has 0 saturated heterocycles. The van der Waals surface area contributed by atoms with Crippen molar-refractivity contribution < 1.29 is 8.42 Å². The van der Waals surface area contributed by atoms with E-state index in [0.29, 0.717) is 11.4 Å². The molecule has 0 spiro atoms. The van der Waals surface area contributed by atoms with Crippen LogP contribution in [0.4, 0.5) is 11.4 Å². The van der Waals surface area contributed by atoms with E-state index < -0.39 is 10.0 Å². The van der Waals surface area contributed by atoms with E-state index in [4.69, 9.17) is 5.73 Å². The van der Waals surface area contributed by atoms with Crippen LogP contribution in [0.15, 0.2) is 45.8 Å². The highest BCUT2D eigenvalue weighted by atomic mass is 79.9. The summed E-state index contributed by atoms with van der Waals surface area (Å²) >= 11 is 3.35. The van der Waals surface area contributed by atoms with Gasteiger partial charge in [-0.05, 0) is 55.3 Å². The number of anilines is 2. The number of benzene rings is 2. The van der Waals surface area contributed by atoms with Gasteiger partial charge in [0.05, 0.1) is 10.6 Å². The predicted octanol–water partition coefficient (Wildman–Crippen LogP) is 3.45. The highest BCUT2D eigenvalue weighted by Gasteiger charge is 2.16. The van der Waals surface area contributed by atoms with Gasteiger partial charge >= 0.3 is 0 Å². The first kappa shape index (κ1) is 14.9. The van der Waals surface area contributed by atoms with Gasteiger partial charge in [-0.3, -0.25) is 4.72 Å². The Morgan fingerprint density at radius 1 is 1.05 bits per heavy atom. The number of hydrogen-bond donors (Lipinski definition) is 2.